The van der Waals surface area contributed by atoms with Crippen molar-refractivity contribution < 1.29 is 25.6 Å². The van der Waals surface area contributed by atoms with Crippen LogP contribution < -0.4 is 22.4 Å². The summed E-state index contributed by atoms with van der Waals surface area (Å²) in [6.07, 6.45) is 1.73. The third kappa shape index (κ3) is 7.07. The van der Waals surface area contributed by atoms with E-state index in [4.69, 9.17) is 0 Å². The van der Waals surface area contributed by atoms with E-state index in [2.05, 4.69) is 27.1 Å². The van der Waals surface area contributed by atoms with Crippen molar-refractivity contribution >= 4 is 21.6 Å². The van der Waals surface area contributed by atoms with Crippen LogP contribution in [0.25, 0.3) is 0 Å². The summed E-state index contributed by atoms with van der Waals surface area (Å²) < 4.78 is 28.5. The molecule has 8 heteroatoms. The van der Waals surface area contributed by atoms with Gasteiger partial charge in [0.1, 0.15) is 0 Å². The molecule has 1 fully saturated rings. The number of carbonyl (C=O) groups is 1. The Kier molecular flexibility index (Phi) is 8.94. The fourth-order valence-corrected chi connectivity index (χ4v) is 5.46. The molecule has 0 saturated carbocycles. The van der Waals surface area contributed by atoms with E-state index in [0.29, 0.717) is 11.3 Å². The number of likely N-dealkylation sites (tertiary alicyclic amines) is 1. The van der Waals surface area contributed by atoms with E-state index in [1.54, 1.807) is 18.2 Å². The smallest absolute Gasteiger partial charge is 0.261 e. The Labute approximate surface area is 214 Å². The number of hydrogen-bond acceptors (Lipinski definition) is 4. The van der Waals surface area contributed by atoms with Crippen molar-refractivity contribution in [2.45, 2.75) is 44.2 Å². The number of anilines is 1. The van der Waals surface area contributed by atoms with Crippen molar-refractivity contribution in [2.75, 3.05) is 17.8 Å². The third-order valence-corrected chi connectivity index (χ3v) is 7.57. The van der Waals surface area contributed by atoms with Gasteiger partial charge in [0.25, 0.3) is 15.9 Å². The van der Waals surface area contributed by atoms with E-state index in [1.807, 2.05) is 44.2 Å². The molecule has 1 aliphatic rings. The molecule has 6 nitrogen and oxygen atoms in total. The largest absolute Gasteiger partial charge is 1.00 e. The van der Waals surface area contributed by atoms with E-state index in [-0.39, 0.29) is 29.3 Å². The van der Waals surface area contributed by atoms with Crippen LogP contribution in [0.4, 0.5) is 5.69 Å². The van der Waals surface area contributed by atoms with Crippen LogP contribution in [0.1, 0.15) is 39.9 Å². The summed E-state index contributed by atoms with van der Waals surface area (Å²) in [6.45, 7) is 6.55. The van der Waals surface area contributed by atoms with Crippen molar-refractivity contribution in [3.63, 3.8) is 0 Å². The molecule has 2 N–H and O–H groups in total. The van der Waals surface area contributed by atoms with Gasteiger partial charge in [-0.2, -0.15) is 0 Å². The van der Waals surface area contributed by atoms with Crippen LogP contribution in [0, 0.1) is 13.8 Å². The highest BCUT2D eigenvalue weighted by Crippen LogP contribution is 2.22. The van der Waals surface area contributed by atoms with Crippen LogP contribution in [0.5, 0.6) is 0 Å². The first-order valence-electron chi connectivity index (χ1n) is 11.6. The maximum atomic E-state index is 12.9. The minimum absolute atomic E-state index is 0. The summed E-state index contributed by atoms with van der Waals surface area (Å²) in [4.78, 5) is 15.3. The Morgan fingerprint density at radius 1 is 0.943 bits per heavy atom. The summed E-state index contributed by atoms with van der Waals surface area (Å²) in [5.41, 5.74) is 4.07. The number of aryl methyl sites for hydroxylation is 2. The van der Waals surface area contributed by atoms with E-state index >= 15 is 0 Å². The van der Waals surface area contributed by atoms with Gasteiger partial charge in [-0.25, -0.2) is 8.42 Å². The topological polar surface area (TPSA) is 78.5 Å². The van der Waals surface area contributed by atoms with Gasteiger partial charge in [0, 0.05) is 31.2 Å². The molecule has 1 aliphatic heterocycles. The molecule has 4 rings (SSSR count). The number of amides is 1. The second-order valence-corrected chi connectivity index (χ2v) is 10.6. The predicted molar refractivity (Wildman–Crippen MR) is 135 cm³/mol. The van der Waals surface area contributed by atoms with E-state index < -0.39 is 10.0 Å². The van der Waals surface area contributed by atoms with Gasteiger partial charge in [0.05, 0.1) is 10.6 Å². The Hall–Kier alpha value is -2.87. The van der Waals surface area contributed by atoms with Crippen LogP contribution in [0.3, 0.4) is 0 Å². The second-order valence-electron chi connectivity index (χ2n) is 8.96. The number of carbonyl (C=O) groups excluding carboxylic acids is 1. The zero-order chi connectivity index (χ0) is 24.1. The van der Waals surface area contributed by atoms with Gasteiger partial charge in [-0.3, -0.25) is 14.4 Å². The maximum absolute atomic E-state index is 12.9. The van der Waals surface area contributed by atoms with Gasteiger partial charge in [0.2, 0.25) is 0 Å². The molecule has 186 valence electrons. The maximum Gasteiger partial charge on any atom is 0.261 e. The molecule has 35 heavy (non-hydrogen) atoms. The average Bonchev–Trinajstić information content (AvgIpc) is 2.83. The summed E-state index contributed by atoms with van der Waals surface area (Å²) in [6, 6.07) is 22.2. The number of hydrogen-bond donors (Lipinski definition) is 2. The van der Waals surface area contributed by atoms with Gasteiger partial charge in [-0.05, 0) is 62.1 Å². The first kappa shape index (κ1) is 26.7. The molecule has 0 radical (unpaired) electrons. The minimum atomic E-state index is -3.81. The standard InChI is InChI=1S/C27H31N3O3S.ClH/c1-20-11-12-26(21(2)17-20)29-34(32,33)25-10-6-9-23(18-25)27(31)28-24-13-15-30(16-14-24)19-22-7-4-3-5-8-22;/h3-12,17-18,24,29H,13-16,19H2,1-2H3,(H,28,31);1H/p-1. The SMILES string of the molecule is Cc1ccc(NS(=O)(=O)c2cccc(C(=O)NC3CCN(Cc4ccccc4)CC3)c2)c(C)c1.[Cl-]. The van der Waals surface area contributed by atoms with Crippen molar-refractivity contribution in [1.29, 1.82) is 0 Å². The summed E-state index contributed by atoms with van der Waals surface area (Å²) in [5.74, 6) is -0.245. The van der Waals surface area contributed by atoms with Crippen LogP contribution in [0.15, 0.2) is 77.7 Å². The molecular formula is C27H31ClN3O3S-. The Morgan fingerprint density at radius 2 is 1.66 bits per heavy atom. The second kappa shape index (κ2) is 11.7. The van der Waals surface area contributed by atoms with Crippen LogP contribution >= 0.6 is 0 Å². The molecule has 1 amide bonds. The Morgan fingerprint density at radius 3 is 2.34 bits per heavy atom. The van der Waals surface area contributed by atoms with Gasteiger partial charge in [0.15, 0.2) is 0 Å². The van der Waals surface area contributed by atoms with E-state index in [9.17, 15) is 13.2 Å². The fourth-order valence-electron chi connectivity index (χ4n) is 4.28. The Balaban J connectivity index is 0.00000342. The zero-order valence-corrected chi connectivity index (χ0v) is 21.6. The lowest BCUT2D eigenvalue weighted by Crippen LogP contribution is -3.00. The third-order valence-electron chi connectivity index (χ3n) is 6.20. The summed E-state index contributed by atoms with van der Waals surface area (Å²) in [7, 11) is -3.81. The summed E-state index contributed by atoms with van der Waals surface area (Å²) >= 11 is 0. The highest BCUT2D eigenvalue weighted by molar-refractivity contribution is 7.92. The van der Waals surface area contributed by atoms with Crippen molar-refractivity contribution in [2.24, 2.45) is 0 Å². The molecule has 3 aromatic rings. The molecule has 1 saturated heterocycles. The molecule has 3 aromatic carbocycles. The number of sulfonamides is 1. The number of piperidine rings is 1. The highest BCUT2D eigenvalue weighted by atomic mass is 35.5. The van der Waals surface area contributed by atoms with Crippen LogP contribution in [-0.2, 0) is 16.6 Å². The molecule has 0 atom stereocenters. The van der Waals surface area contributed by atoms with Gasteiger partial charge < -0.3 is 17.7 Å². The van der Waals surface area contributed by atoms with Crippen molar-refractivity contribution in [1.82, 2.24) is 10.2 Å². The van der Waals surface area contributed by atoms with Gasteiger partial charge in [-0.15, -0.1) is 0 Å². The first-order chi connectivity index (χ1) is 16.3. The molecule has 0 aromatic heterocycles. The average molecular weight is 513 g/mol. The quantitative estimate of drug-likeness (QED) is 0.503. The molecule has 0 spiro atoms. The lowest BCUT2D eigenvalue weighted by molar-refractivity contribution is -0.0000183. The van der Waals surface area contributed by atoms with Crippen molar-refractivity contribution in [3.8, 4) is 0 Å². The number of halogens is 1. The first-order valence-corrected chi connectivity index (χ1v) is 13.1. The van der Waals surface area contributed by atoms with Gasteiger partial charge in [-0.1, -0.05) is 54.1 Å². The van der Waals surface area contributed by atoms with Gasteiger partial charge >= 0.3 is 0 Å². The number of nitrogens with one attached hydrogen (secondary N) is 2. The van der Waals surface area contributed by atoms with E-state index in [1.165, 1.54) is 17.7 Å². The highest BCUT2D eigenvalue weighted by Gasteiger charge is 2.22. The van der Waals surface area contributed by atoms with Crippen molar-refractivity contribution in [3.05, 3.63) is 95.1 Å². The molecule has 0 unspecified atom stereocenters. The molecular weight excluding hydrogens is 482 g/mol. The fraction of sp³-hybridized carbons (Fsp3) is 0.296. The number of nitrogens with zero attached hydrogens (tertiary/aromatic N) is 1. The lowest BCUT2D eigenvalue weighted by Gasteiger charge is -2.32. The van der Waals surface area contributed by atoms with Crippen LogP contribution in [-0.4, -0.2) is 38.4 Å². The monoisotopic (exact) mass is 512 g/mol. The molecule has 0 aliphatic carbocycles. The predicted octanol–water partition coefficient (Wildman–Crippen LogP) is 1.50. The zero-order valence-electron chi connectivity index (χ0n) is 20.0. The lowest BCUT2D eigenvalue weighted by atomic mass is 10.0. The normalized spacial score (nSPS) is 14.7. The van der Waals surface area contributed by atoms with E-state index in [0.717, 1.165) is 43.6 Å². The number of rotatable bonds is 7. The Bertz CT molecular complexity index is 1260. The molecule has 1 heterocycles. The number of benzene rings is 3. The summed E-state index contributed by atoms with van der Waals surface area (Å²) in [5, 5.41) is 3.08. The minimum Gasteiger partial charge on any atom is -1.00 e. The van der Waals surface area contributed by atoms with Crippen LogP contribution in [0.2, 0.25) is 0 Å². The molecule has 0 bridgehead atoms.